The van der Waals surface area contributed by atoms with Crippen molar-refractivity contribution >= 4 is 32.0 Å². The Hall–Kier alpha value is -2.72. The van der Waals surface area contributed by atoms with Gasteiger partial charge in [0.2, 0.25) is 26.0 Å². The molecular formula is C31H50N4O5Si. The number of piperidine rings is 2. The third-order valence-electron chi connectivity index (χ3n) is 8.45. The summed E-state index contributed by atoms with van der Waals surface area (Å²) in [5, 5.41) is 0. The van der Waals surface area contributed by atoms with E-state index in [9.17, 15) is 19.2 Å². The molecule has 10 heteroatoms. The van der Waals surface area contributed by atoms with Gasteiger partial charge in [-0.25, -0.2) is 0 Å². The Morgan fingerprint density at radius 1 is 0.976 bits per heavy atom. The van der Waals surface area contributed by atoms with Crippen molar-refractivity contribution in [2.24, 2.45) is 11.7 Å². The second-order valence-electron chi connectivity index (χ2n) is 12.7. The Labute approximate surface area is 246 Å². The molecule has 2 fully saturated rings. The lowest BCUT2D eigenvalue weighted by atomic mass is 9.93. The number of carbonyl (C=O) groups is 4. The topological polar surface area (TPSA) is 113 Å². The lowest BCUT2D eigenvalue weighted by Crippen LogP contribution is -2.62. The summed E-state index contributed by atoms with van der Waals surface area (Å²) >= 11 is 0. The number of carbonyl (C=O) groups excluding carboxylic acids is 4. The molecular weight excluding hydrogens is 536 g/mol. The zero-order valence-electron chi connectivity index (χ0n) is 25.8. The number of nitrogens with zero attached hydrogens (tertiary/aromatic N) is 3. The molecule has 2 aliphatic heterocycles. The molecule has 1 aromatic rings. The Balaban J connectivity index is 1.85. The van der Waals surface area contributed by atoms with Crippen molar-refractivity contribution < 1.29 is 23.6 Å². The maximum Gasteiger partial charge on any atom is 0.315 e. The summed E-state index contributed by atoms with van der Waals surface area (Å²) in [6.07, 6.45) is 5.44. The second kappa shape index (κ2) is 14.4. The number of likely N-dealkylation sites (tertiary alicyclic amines) is 2. The molecule has 3 amide bonds. The van der Waals surface area contributed by atoms with Gasteiger partial charge in [0.25, 0.3) is 0 Å². The first-order valence-corrected chi connectivity index (χ1v) is 18.7. The van der Waals surface area contributed by atoms with Crippen LogP contribution in [-0.4, -0.2) is 91.0 Å². The second-order valence-corrected chi connectivity index (χ2v) is 17.1. The van der Waals surface area contributed by atoms with Gasteiger partial charge in [-0.3, -0.25) is 19.2 Å². The van der Waals surface area contributed by atoms with E-state index in [0.29, 0.717) is 32.4 Å². The molecule has 0 saturated carbocycles. The molecule has 0 spiro atoms. The number of hydrogen-bond donors (Lipinski definition) is 1. The molecule has 2 N–H and O–H groups in total. The summed E-state index contributed by atoms with van der Waals surface area (Å²) in [5.74, 6) is -1.05. The summed E-state index contributed by atoms with van der Waals surface area (Å²) in [6, 6.07) is 6.81. The molecule has 3 rings (SSSR count). The number of rotatable bonds is 10. The van der Waals surface area contributed by atoms with Gasteiger partial charge in [-0.05, 0) is 69.6 Å². The molecule has 41 heavy (non-hydrogen) atoms. The van der Waals surface area contributed by atoms with Gasteiger partial charge in [-0.2, -0.15) is 0 Å². The van der Waals surface area contributed by atoms with Crippen molar-refractivity contribution in [3.63, 3.8) is 0 Å². The molecule has 5 atom stereocenters. The van der Waals surface area contributed by atoms with Crippen LogP contribution in [0.3, 0.4) is 0 Å². The Kier molecular flexibility index (Phi) is 11.6. The molecule has 228 valence electrons. The lowest BCUT2D eigenvalue weighted by molar-refractivity contribution is -0.158. The van der Waals surface area contributed by atoms with Crippen LogP contribution in [0, 0.1) is 5.92 Å². The highest BCUT2D eigenvalue weighted by atomic mass is 28.4. The summed E-state index contributed by atoms with van der Waals surface area (Å²) in [7, 11) is -0.574. The van der Waals surface area contributed by atoms with E-state index in [1.807, 2.05) is 63.8 Å². The first kappa shape index (κ1) is 32.8. The van der Waals surface area contributed by atoms with E-state index in [-0.39, 0.29) is 23.6 Å². The van der Waals surface area contributed by atoms with Crippen LogP contribution in [0.2, 0.25) is 19.6 Å². The zero-order chi connectivity index (χ0) is 30.3. The van der Waals surface area contributed by atoms with Crippen LogP contribution in [0.25, 0.3) is 0 Å². The van der Waals surface area contributed by atoms with Crippen LogP contribution >= 0.6 is 0 Å². The van der Waals surface area contributed by atoms with Gasteiger partial charge in [0, 0.05) is 26.6 Å². The van der Waals surface area contributed by atoms with Crippen molar-refractivity contribution in [3.05, 3.63) is 35.9 Å². The normalized spacial score (nSPS) is 21.9. The van der Waals surface area contributed by atoms with E-state index < -0.39 is 38.5 Å². The van der Waals surface area contributed by atoms with Crippen LogP contribution in [0.4, 0.5) is 0 Å². The van der Waals surface area contributed by atoms with Crippen molar-refractivity contribution in [3.8, 4) is 0 Å². The monoisotopic (exact) mass is 586 g/mol. The van der Waals surface area contributed by atoms with Gasteiger partial charge in [-0.1, -0.05) is 50.6 Å². The minimum absolute atomic E-state index is 0.00982. The summed E-state index contributed by atoms with van der Waals surface area (Å²) in [5.41, 5.74) is 7.24. The predicted octanol–water partition coefficient (Wildman–Crippen LogP) is 3.57. The largest absolute Gasteiger partial charge is 0.518 e. The van der Waals surface area contributed by atoms with Gasteiger partial charge in [-0.15, -0.1) is 0 Å². The minimum atomic E-state index is -2.21. The van der Waals surface area contributed by atoms with Crippen molar-refractivity contribution in [1.29, 1.82) is 0 Å². The van der Waals surface area contributed by atoms with Gasteiger partial charge in [0.15, 0.2) is 0 Å². The number of likely N-dealkylation sites (N-methyl/N-ethyl adjacent to an activating group) is 1. The van der Waals surface area contributed by atoms with Gasteiger partial charge in [0.05, 0.1) is 6.04 Å². The van der Waals surface area contributed by atoms with E-state index in [1.165, 1.54) is 4.90 Å². The predicted molar refractivity (Wildman–Crippen MR) is 162 cm³/mol. The molecule has 2 saturated heterocycles. The van der Waals surface area contributed by atoms with Crippen LogP contribution in [0.5, 0.6) is 0 Å². The molecule has 0 radical (unpaired) electrons. The fourth-order valence-electron chi connectivity index (χ4n) is 5.76. The summed E-state index contributed by atoms with van der Waals surface area (Å²) < 4.78 is 5.86. The van der Waals surface area contributed by atoms with E-state index in [2.05, 4.69) is 0 Å². The summed E-state index contributed by atoms with van der Waals surface area (Å²) in [4.78, 5) is 59.7. The first-order chi connectivity index (χ1) is 19.4. The highest BCUT2D eigenvalue weighted by molar-refractivity contribution is 6.71. The fourth-order valence-corrected chi connectivity index (χ4v) is 6.50. The van der Waals surface area contributed by atoms with Crippen LogP contribution in [0.15, 0.2) is 30.3 Å². The summed E-state index contributed by atoms with van der Waals surface area (Å²) in [6.45, 7) is 10.7. The van der Waals surface area contributed by atoms with Gasteiger partial charge in [0.1, 0.15) is 18.1 Å². The number of amides is 3. The fraction of sp³-hybridized carbons (Fsp3) is 0.677. The molecule has 9 nitrogen and oxygen atoms in total. The maximum atomic E-state index is 14.1. The molecule has 0 aromatic heterocycles. The number of hydrogen-bond acceptors (Lipinski definition) is 6. The molecule has 0 bridgehead atoms. The van der Waals surface area contributed by atoms with Crippen molar-refractivity contribution in [2.75, 3.05) is 20.1 Å². The van der Waals surface area contributed by atoms with Gasteiger partial charge < -0.3 is 24.9 Å². The van der Waals surface area contributed by atoms with Crippen LogP contribution in [-0.2, 0) is 30.0 Å². The maximum absolute atomic E-state index is 14.1. The van der Waals surface area contributed by atoms with Crippen LogP contribution in [0.1, 0.15) is 64.4 Å². The third kappa shape index (κ3) is 8.41. The van der Waals surface area contributed by atoms with E-state index in [0.717, 1.165) is 37.7 Å². The Bertz CT molecular complexity index is 1060. The van der Waals surface area contributed by atoms with E-state index in [4.69, 9.17) is 10.2 Å². The molecule has 1 unspecified atom stereocenters. The zero-order valence-corrected chi connectivity index (χ0v) is 26.8. The molecule has 2 aliphatic rings. The van der Waals surface area contributed by atoms with Crippen molar-refractivity contribution in [2.45, 2.75) is 109 Å². The molecule has 0 aliphatic carbocycles. The Morgan fingerprint density at radius 2 is 1.56 bits per heavy atom. The van der Waals surface area contributed by atoms with Crippen molar-refractivity contribution in [1.82, 2.24) is 14.7 Å². The van der Waals surface area contributed by atoms with E-state index in [1.54, 1.807) is 16.8 Å². The van der Waals surface area contributed by atoms with E-state index >= 15 is 0 Å². The molecule has 1 aromatic carbocycles. The highest BCUT2D eigenvalue weighted by Gasteiger charge is 2.43. The third-order valence-corrected chi connectivity index (χ3v) is 9.26. The lowest BCUT2D eigenvalue weighted by Gasteiger charge is -2.43. The quantitative estimate of drug-likeness (QED) is 0.420. The SMILES string of the molecule is CCC(C)[C@H](N)C(=O)N1CCCC[C@@H]1C(=O)N1CCCC[C@H]1C(=O)N(C)[C@H](Cc1ccccc1)C(=O)O[Si](C)(C)C. The average molecular weight is 587 g/mol. The number of nitrogens with two attached hydrogens (primary N) is 1. The highest BCUT2D eigenvalue weighted by Crippen LogP contribution is 2.27. The molecule has 2 heterocycles. The smallest absolute Gasteiger partial charge is 0.315 e. The Morgan fingerprint density at radius 3 is 2.15 bits per heavy atom. The standard InChI is InChI=1S/C31H50N4O5Si/c1-7-22(2)27(32)30(38)35-20-14-12-18-25(35)29(37)34-19-13-11-17-24(34)28(36)33(3)26(31(39)40-41(4,5)6)21-23-15-9-8-10-16-23/h8-10,15-16,22,24-27H,7,11-14,17-21,32H2,1-6H3/t22?,24-,25+,26+,27-/m0/s1. The van der Waals surface area contributed by atoms with Crippen LogP contribution < -0.4 is 5.73 Å². The first-order valence-electron chi connectivity index (χ1n) is 15.3. The minimum Gasteiger partial charge on any atom is -0.518 e. The number of benzene rings is 1. The average Bonchev–Trinajstić information content (AvgIpc) is 2.97. The van der Waals surface area contributed by atoms with Gasteiger partial charge >= 0.3 is 5.97 Å².